The third kappa shape index (κ3) is 1.77. The minimum absolute atomic E-state index is 0.164. The molecule has 2 N–H and O–H groups in total. The summed E-state index contributed by atoms with van der Waals surface area (Å²) in [7, 11) is 0. The van der Waals surface area contributed by atoms with Crippen molar-refractivity contribution in [2.24, 2.45) is 5.92 Å². The molecule has 0 radical (unpaired) electrons. The summed E-state index contributed by atoms with van der Waals surface area (Å²) in [4.78, 5) is 25.2. The first kappa shape index (κ1) is 11.0. The molecule has 2 rings (SSSR count). The minimum atomic E-state index is -0.508. The summed E-state index contributed by atoms with van der Waals surface area (Å²) in [6, 6.07) is 0. The maximum absolute atomic E-state index is 11.6. The molecule has 1 aromatic rings. The molecule has 0 atom stereocenters. The molecular formula is C11H16N2O3. The largest absolute Gasteiger partial charge is 0.494 e. The van der Waals surface area contributed by atoms with Gasteiger partial charge in [-0.1, -0.05) is 13.3 Å². The van der Waals surface area contributed by atoms with Gasteiger partial charge in [0.05, 0.1) is 5.56 Å². The van der Waals surface area contributed by atoms with E-state index in [9.17, 15) is 14.7 Å². The fourth-order valence-electron chi connectivity index (χ4n) is 2.02. The molecule has 5 nitrogen and oxygen atoms in total. The zero-order chi connectivity index (χ0) is 11.7. The Morgan fingerprint density at radius 3 is 2.62 bits per heavy atom. The first-order chi connectivity index (χ1) is 7.63. The predicted octanol–water partition coefficient (Wildman–Crippen LogP) is 0.605. The first-order valence-electron chi connectivity index (χ1n) is 5.68. The van der Waals surface area contributed by atoms with E-state index >= 15 is 0 Å². The van der Waals surface area contributed by atoms with E-state index in [1.807, 2.05) is 0 Å². The molecule has 0 saturated heterocycles. The van der Waals surface area contributed by atoms with Crippen LogP contribution in [0.15, 0.2) is 9.59 Å². The van der Waals surface area contributed by atoms with E-state index in [1.54, 1.807) is 6.92 Å². The fraction of sp³-hybridized carbons (Fsp3) is 0.636. The van der Waals surface area contributed by atoms with Crippen LogP contribution in [0.5, 0.6) is 5.88 Å². The summed E-state index contributed by atoms with van der Waals surface area (Å²) in [5.41, 5.74) is -0.694. The molecule has 0 aliphatic heterocycles. The molecule has 0 bridgehead atoms. The second kappa shape index (κ2) is 4.15. The van der Waals surface area contributed by atoms with E-state index in [0.717, 1.165) is 12.8 Å². The second-order valence-corrected chi connectivity index (χ2v) is 4.32. The summed E-state index contributed by atoms with van der Waals surface area (Å²) in [5.74, 6) is 0.294. The normalized spacial score (nSPS) is 16.1. The van der Waals surface area contributed by atoms with Crippen LogP contribution in [0.25, 0.3) is 0 Å². The molecular weight excluding hydrogens is 208 g/mol. The molecule has 1 aromatic heterocycles. The summed E-state index contributed by atoms with van der Waals surface area (Å²) >= 11 is 0. The number of rotatable bonds is 3. The Bertz CT molecular complexity index is 497. The van der Waals surface area contributed by atoms with Crippen LogP contribution in [0.2, 0.25) is 0 Å². The molecule has 1 fully saturated rings. The van der Waals surface area contributed by atoms with Crippen molar-refractivity contribution in [3.8, 4) is 5.88 Å². The van der Waals surface area contributed by atoms with E-state index < -0.39 is 11.2 Å². The monoisotopic (exact) mass is 224 g/mol. The molecule has 16 heavy (non-hydrogen) atoms. The molecule has 1 saturated carbocycles. The van der Waals surface area contributed by atoms with Crippen LogP contribution in [0.1, 0.15) is 31.7 Å². The van der Waals surface area contributed by atoms with Crippen LogP contribution in [0.4, 0.5) is 0 Å². The molecule has 88 valence electrons. The van der Waals surface area contributed by atoms with Gasteiger partial charge in [-0.3, -0.25) is 14.3 Å². The average Bonchev–Trinajstić information content (AvgIpc) is 2.14. The third-order valence-corrected chi connectivity index (χ3v) is 3.28. The highest BCUT2D eigenvalue weighted by atomic mass is 16.3. The van der Waals surface area contributed by atoms with Crippen molar-refractivity contribution >= 4 is 0 Å². The van der Waals surface area contributed by atoms with Crippen LogP contribution >= 0.6 is 0 Å². The molecule has 0 spiro atoms. The lowest BCUT2D eigenvalue weighted by Gasteiger charge is -2.26. The molecule has 1 heterocycles. The summed E-state index contributed by atoms with van der Waals surface area (Å²) in [6.07, 6.45) is 3.79. The van der Waals surface area contributed by atoms with Crippen molar-refractivity contribution in [3.63, 3.8) is 0 Å². The van der Waals surface area contributed by atoms with E-state index in [0.29, 0.717) is 24.4 Å². The van der Waals surface area contributed by atoms with Crippen LogP contribution in [0, 0.1) is 5.92 Å². The molecule has 1 aliphatic rings. The fourth-order valence-corrected chi connectivity index (χ4v) is 2.02. The smallest absolute Gasteiger partial charge is 0.331 e. The predicted molar refractivity (Wildman–Crippen MR) is 59.7 cm³/mol. The highest BCUT2D eigenvalue weighted by Gasteiger charge is 2.21. The Kier molecular flexibility index (Phi) is 2.85. The van der Waals surface area contributed by atoms with Gasteiger partial charge in [0, 0.05) is 6.54 Å². The maximum Gasteiger partial charge on any atom is 0.331 e. The van der Waals surface area contributed by atoms with Gasteiger partial charge < -0.3 is 5.11 Å². The number of H-pyrrole nitrogens is 1. The molecule has 5 heteroatoms. The van der Waals surface area contributed by atoms with Crippen LogP contribution in [-0.4, -0.2) is 14.7 Å². The van der Waals surface area contributed by atoms with Gasteiger partial charge in [0.1, 0.15) is 0 Å². The number of nitrogens with one attached hydrogen (secondary N) is 1. The van der Waals surface area contributed by atoms with Gasteiger partial charge in [-0.05, 0) is 25.2 Å². The lowest BCUT2D eigenvalue weighted by molar-refractivity contribution is 0.255. The van der Waals surface area contributed by atoms with Crippen molar-refractivity contribution in [1.29, 1.82) is 0 Å². The number of aromatic hydroxyl groups is 1. The molecule has 0 amide bonds. The van der Waals surface area contributed by atoms with Gasteiger partial charge in [0.2, 0.25) is 5.88 Å². The van der Waals surface area contributed by atoms with Crippen molar-refractivity contribution in [3.05, 3.63) is 26.4 Å². The molecule has 0 aromatic carbocycles. The Morgan fingerprint density at radius 2 is 2.12 bits per heavy atom. The number of aromatic amines is 1. The van der Waals surface area contributed by atoms with E-state index in [-0.39, 0.29) is 5.88 Å². The van der Waals surface area contributed by atoms with Gasteiger partial charge in [-0.25, -0.2) is 4.79 Å². The van der Waals surface area contributed by atoms with Gasteiger partial charge in [-0.15, -0.1) is 0 Å². The first-order valence-corrected chi connectivity index (χ1v) is 5.68. The Balaban J connectivity index is 2.42. The van der Waals surface area contributed by atoms with Gasteiger partial charge >= 0.3 is 5.69 Å². The quantitative estimate of drug-likeness (QED) is 0.789. The number of aromatic nitrogens is 2. The maximum atomic E-state index is 11.6. The van der Waals surface area contributed by atoms with E-state index in [1.165, 1.54) is 11.0 Å². The number of nitrogens with zero attached hydrogens (tertiary/aromatic N) is 1. The Hall–Kier alpha value is -1.52. The Labute approximate surface area is 92.7 Å². The second-order valence-electron chi connectivity index (χ2n) is 4.32. The highest BCUT2D eigenvalue weighted by Crippen LogP contribution is 2.28. The minimum Gasteiger partial charge on any atom is -0.494 e. The zero-order valence-corrected chi connectivity index (χ0v) is 9.32. The van der Waals surface area contributed by atoms with Crippen LogP contribution < -0.4 is 11.2 Å². The van der Waals surface area contributed by atoms with Crippen LogP contribution in [-0.2, 0) is 13.0 Å². The zero-order valence-electron chi connectivity index (χ0n) is 9.32. The SMILES string of the molecule is CCc1c(O)n(CC2CCC2)c(=O)[nH]c1=O. The summed E-state index contributed by atoms with van der Waals surface area (Å²) < 4.78 is 1.28. The standard InChI is InChI=1S/C11H16N2O3/c1-2-8-9(14)12-11(16)13(10(8)15)6-7-4-3-5-7/h7,15H,2-6H2,1H3,(H,12,14,16). The number of hydrogen-bond acceptors (Lipinski definition) is 3. The lowest BCUT2D eigenvalue weighted by atomic mass is 9.85. The van der Waals surface area contributed by atoms with Crippen molar-refractivity contribution in [1.82, 2.24) is 9.55 Å². The van der Waals surface area contributed by atoms with Crippen molar-refractivity contribution in [2.45, 2.75) is 39.2 Å². The Morgan fingerprint density at radius 1 is 1.44 bits per heavy atom. The number of hydrogen-bond donors (Lipinski definition) is 2. The molecule has 1 aliphatic carbocycles. The third-order valence-electron chi connectivity index (χ3n) is 3.28. The van der Waals surface area contributed by atoms with Crippen molar-refractivity contribution in [2.75, 3.05) is 0 Å². The highest BCUT2D eigenvalue weighted by molar-refractivity contribution is 5.22. The van der Waals surface area contributed by atoms with Gasteiger partial charge in [0.25, 0.3) is 5.56 Å². The van der Waals surface area contributed by atoms with Gasteiger partial charge in [0.15, 0.2) is 0 Å². The topological polar surface area (TPSA) is 75.1 Å². The summed E-state index contributed by atoms with van der Waals surface area (Å²) in [6.45, 7) is 2.29. The summed E-state index contributed by atoms with van der Waals surface area (Å²) in [5, 5.41) is 9.86. The van der Waals surface area contributed by atoms with Crippen molar-refractivity contribution < 1.29 is 5.11 Å². The average molecular weight is 224 g/mol. The lowest BCUT2D eigenvalue weighted by Crippen LogP contribution is -2.34. The van der Waals surface area contributed by atoms with E-state index in [2.05, 4.69) is 4.98 Å². The van der Waals surface area contributed by atoms with Gasteiger partial charge in [-0.2, -0.15) is 0 Å². The van der Waals surface area contributed by atoms with E-state index in [4.69, 9.17) is 0 Å². The van der Waals surface area contributed by atoms with Crippen LogP contribution in [0.3, 0.4) is 0 Å². The molecule has 0 unspecified atom stereocenters.